The van der Waals surface area contributed by atoms with Crippen LogP contribution in [0.2, 0.25) is 0 Å². The number of nitrogens with zero attached hydrogens (tertiary/aromatic N) is 3. The Morgan fingerprint density at radius 2 is 0.725 bits per heavy atom. The molecule has 3 nitrogen and oxygen atoms in total. The SMILES string of the molecule is CC1(C)c2ccccc2-c2ccc(-c3ccc(-c4nc(-c5ccccc5)nc(-c5ccc(-c6ccccc6)cc5)n4)cc3-c3ccccc3)cc21. The summed E-state index contributed by atoms with van der Waals surface area (Å²) in [5, 5.41) is 0. The third-order valence-electron chi connectivity index (χ3n) is 10.2. The summed E-state index contributed by atoms with van der Waals surface area (Å²) in [5.41, 5.74) is 15.1. The van der Waals surface area contributed by atoms with E-state index in [1.54, 1.807) is 0 Å². The van der Waals surface area contributed by atoms with E-state index in [2.05, 4.69) is 153 Å². The van der Waals surface area contributed by atoms with Crippen molar-refractivity contribution >= 4 is 0 Å². The second-order valence-corrected chi connectivity index (χ2v) is 13.7. The van der Waals surface area contributed by atoms with Gasteiger partial charge in [0.1, 0.15) is 0 Å². The number of rotatable bonds is 6. The van der Waals surface area contributed by atoms with Crippen LogP contribution in [0.5, 0.6) is 0 Å². The molecule has 0 amide bonds. The Hall–Kier alpha value is -6.45. The van der Waals surface area contributed by atoms with Crippen molar-refractivity contribution in [2.24, 2.45) is 0 Å². The zero-order chi connectivity index (χ0) is 34.4. The lowest BCUT2D eigenvalue weighted by molar-refractivity contribution is 0.660. The van der Waals surface area contributed by atoms with Crippen molar-refractivity contribution in [3.05, 3.63) is 187 Å². The number of aromatic nitrogens is 3. The first-order valence-electron chi connectivity index (χ1n) is 17.4. The summed E-state index contributed by atoms with van der Waals surface area (Å²) < 4.78 is 0. The van der Waals surface area contributed by atoms with E-state index in [4.69, 9.17) is 15.0 Å². The summed E-state index contributed by atoms with van der Waals surface area (Å²) in [6, 6.07) is 62.0. The van der Waals surface area contributed by atoms with E-state index in [1.165, 1.54) is 38.9 Å². The van der Waals surface area contributed by atoms with Crippen LogP contribution in [0.25, 0.3) is 78.7 Å². The maximum atomic E-state index is 5.11. The molecule has 51 heavy (non-hydrogen) atoms. The van der Waals surface area contributed by atoms with Gasteiger partial charge in [-0.3, -0.25) is 0 Å². The molecule has 0 fully saturated rings. The first-order valence-corrected chi connectivity index (χ1v) is 17.4. The minimum Gasteiger partial charge on any atom is -0.208 e. The smallest absolute Gasteiger partial charge is 0.164 e. The van der Waals surface area contributed by atoms with E-state index in [1.807, 2.05) is 36.4 Å². The fourth-order valence-electron chi connectivity index (χ4n) is 7.46. The topological polar surface area (TPSA) is 38.7 Å². The monoisotopic (exact) mass is 653 g/mol. The first kappa shape index (κ1) is 30.6. The van der Waals surface area contributed by atoms with Gasteiger partial charge in [-0.1, -0.05) is 178 Å². The molecule has 8 aromatic rings. The van der Waals surface area contributed by atoms with Crippen molar-refractivity contribution < 1.29 is 0 Å². The molecule has 0 radical (unpaired) electrons. The fourth-order valence-corrected chi connectivity index (χ4v) is 7.46. The van der Waals surface area contributed by atoms with E-state index in [0.717, 1.165) is 33.4 Å². The van der Waals surface area contributed by atoms with E-state index in [-0.39, 0.29) is 5.41 Å². The molecule has 0 aliphatic heterocycles. The summed E-state index contributed by atoms with van der Waals surface area (Å²) in [6.45, 7) is 4.67. The van der Waals surface area contributed by atoms with Gasteiger partial charge in [-0.2, -0.15) is 0 Å². The zero-order valence-corrected chi connectivity index (χ0v) is 28.6. The predicted octanol–water partition coefficient (Wildman–Crippen LogP) is 12.2. The van der Waals surface area contributed by atoms with Crippen LogP contribution in [-0.2, 0) is 5.41 Å². The highest BCUT2D eigenvalue weighted by atomic mass is 15.0. The largest absolute Gasteiger partial charge is 0.208 e. The molecule has 0 atom stereocenters. The average Bonchev–Trinajstić information content (AvgIpc) is 3.44. The standard InChI is InChI=1S/C48H35N3/c1-48(2)43-21-13-12-20-40(43)41-29-26-37(31-44(41)48)39-28-27-38(30-42(39)34-16-8-4-9-17-34)47-50-45(35-18-10-5-11-19-35)49-46(51-47)36-24-22-33(23-25-36)32-14-6-3-7-15-32/h3-31H,1-2H3. The van der Waals surface area contributed by atoms with E-state index >= 15 is 0 Å². The average molecular weight is 654 g/mol. The third-order valence-corrected chi connectivity index (χ3v) is 10.2. The Balaban J connectivity index is 1.18. The molecule has 1 aliphatic rings. The van der Waals surface area contributed by atoms with Crippen molar-refractivity contribution in [2.75, 3.05) is 0 Å². The van der Waals surface area contributed by atoms with Crippen molar-refractivity contribution in [1.29, 1.82) is 0 Å². The molecule has 242 valence electrons. The number of fused-ring (bicyclic) bond motifs is 3. The Labute approximate surface area is 299 Å². The second-order valence-electron chi connectivity index (χ2n) is 13.7. The molecule has 0 saturated carbocycles. The van der Waals surface area contributed by atoms with E-state index < -0.39 is 0 Å². The summed E-state index contributed by atoms with van der Waals surface area (Å²) in [7, 11) is 0. The van der Waals surface area contributed by atoms with E-state index in [0.29, 0.717) is 17.5 Å². The summed E-state index contributed by atoms with van der Waals surface area (Å²) in [4.78, 5) is 15.2. The van der Waals surface area contributed by atoms with Gasteiger partial charge in [0.2, 0.25) is 0 Å². The fraction of sp³-hybridized carbons (Fsp3) is 0.0625. The van der Waals surface area contributed by atoms with Gasteiger partial charge in [-0.15, -0.1) is 0 Å². The summed E-state index contributed by atoms with van der Waals surface area (Å²) in [5.74, 6) is 1.93. The van der Waals surface area contributed by atoms with Crippen molar-refractivity contribution in [2.45, 2.75) is 19.3 Å². The van der Waals surface area contributed by atoms with E-state index in [9.17, 15) is 0 Å². The summed E-state index contributed by atoms with van der Waals surface area (Å²) >= 11 is 0. The molecule has 1 aliphatic carbocycles. The minimum absolute atomic E-state index is 0.0802. The van der Waals surface area contributed by atoms with Crippen LogP contribution in [-0.4, -0.2) is 15.0 Å². The Bertz CT molecular complexity index is 2520. The Morgan fingerprint density at radius 1 is 0.294 bits per heavy atom. The van der Waals surface area contributed by atoms with Gasteiger partial charge in [-0.05, 0) is 67.8 Å². The highest BCUT2D eigenvalue weighted by Gasteiger charge is 2.35. The van der Waals surface area contributed by atoms with Crippen LogP contribution in [0.4, 0.5) is 0 Å². The molecule has 0 bridgehead atoms. The molecule has 1 heterocycles. The molecule has 7 aromatic carbocycles. The quantitative estimate of drug-likeness (QED) is 0.179. The first-order chi connectivity index (χ1) is 25.0. The van der Waals surface area contributed by atoms with Crippen LogP contribution < -0.4 is 0 Å². The van der Waals surface area contributed by atoms with Crippen molar-refractivity contribution in [3.63, 3.8) is 0 Å². The molecule has 9 rings (SSSR count). The highest BCUT2D eigenvalue weighted by molar-refractivity contribution is 5.90. The van der Waals surface area contributed by atoms with Crippen molar-refractivity contribution in [3.8, 4) is 78.7 Å². The normalized spacial score (nSPS) is 12.7. The molecular formula is C48H35N3. The van der Waals surface area contributed by atoms with Crippen LogP contribution in [0.3, 0.4) is 0 Å². The number of hydrogen-bond acceptors (Lipinski definition) is 3. The lowest BCUT2D eigenvalue weighted by atomic mass is 9.81. The van der Waals surface area contributed by atoms with Gasteiger partial charge in [0.25, 0.3) is 0 Å². The molecule has 0 saturated heterocycles. The van der Waals surface area contributed by atoms with Gasteiger partial charge in [0.05, 0.1) is 0 Å². The molecule has 3 heteroatoms. The third kappa shape index (κ3) is 5.53. The van der Waals surface area contributed by atoms with Crippen LogP contribution >= 0.6 is 0 Å². The lowest BCUT2D eigenvalue weighted by Gasteiger charge is -2.22. The maximum Gasteiger partial charge on any atom is 0.164 e. The van der Waals surface area contributed by atoms with Gasteiger partial charge >= 0.3 is 0 Å². The maximum absolute atomic E-state index is 5.11. The Kier molecular flexibility index (Phi) is 7.48. The lowest BCUT2D eigenvalue weighted by Crippen LogP contribution is -2.14. The molecule has 0 N–H and O–H groups in total. The van der Waals surface area contributed by atoms with Gasteiger partial charge in [-0.25, -0.2) is 15.0 Å². The Morgan fingerprint density at radius 3 is 1.39 bits per heavy atom. The molecule has 0 unspecified atom stereocenters. The molecule has 0 spiro atoms. The van der Waals surface area contributed by atoms with Gasteiger partial charge < -0.3 is 0 Å². The molecular weight excluding hydrogens is 619 g/mol. The van der Waals surface area contributed by atoms with Gasteiger partial charge in [0, 0.05) is 22.1 Å². The number of benzene rings is 7. The number of hydrogen-bond donors (Lipinski definition) is 0. The second kappa shape index (κ2) is 12.5. The zero-order valence-electron chi connectivity index (χ0n) is 28.6. The van der Waals surface area contributed by atoms with Crippen LogP contribution in [0.1, 0.15) is 25.0 Å². The summed E-state index contributed by atoms with van der Waals surface area (Å²) in [6.07, 6.45) is 0. The van der Waals surface area contributed by atoms with Gasteiger partial charge in [0.15, 0.2) is 17.5 Å². The van der Waals surface area contributed by atoms with Crippen LogP contribution in [0.15, 0.2) is 176 Å². The van der Waals surface area contributed by atoms with Crippen molar-refractivity contribution in [1.82, 2.24) is 15.0 Å². The minimum atomic E-state index is -0.0802. The van der Waals surface area contributed by atoms with Crippen LogP contribution in [0, 0.1) is 0 Å². The molecule has 1 aromatic heterocycles. The predicted molar refractivity (Wildman–Crippen MR) is 210 cm³/mol. The highest BCUT2D eigenvalue weighted by Crippen LogP contribution is 2.50.